The standard InChI is InChI=1S/C26H26ClN3O5/c1-5-32-22-14-18(12-20-25(28)30-23(29-26(20)31)11-17(4)35-30)13-21(27)24(22)34-9-8-33-19-7-6-15(2)16(3)10-19/h6-7,10-14,28H,5,8-9H2,1-4H3/b20-12+,28-25?. The smallest absolute Gasteiger partial charge is 0.282 e. The van der Waals surface area contributed by atoms with E-state index in [4.69, 9.17) is 36.1 Å². The van der Waals surface area contributed by atoms with Crippen molar-refractivity contribution in [3.63, 3.8) is 0 Å². The van der Waals surface area contributed by atoms with E-state index in [0.717, 1.165) is 11.3 Å². The van der Waals surface area contributed by atoms with Crippen molar-refractivity contribution in [3.8, 4) is 17.2 Å². The van der Waals surface area contributed by atoms with Gasteiger partial charge in [0.1, 0.15) is 24.7 Å². The molecule has 0 saturated carbocycles. The fraction of sp³-hybridized carbons (Fsp3) is 0.269. The van der Waals surface area contributed by atoms with Gasteiger partial charge in [0.25, 0.3) is 5.91 Å². The van der Waals surface area contributed by atoms with Crippen LogP contribution in [0.4, 0.5) is 0 Å². The molecule has 0 radical (unpaired) electrons. The molecule has 2 aromatic rings. The van der Waals surface area contributed by atoms with E-state index in [2.05, 4.69) is 11.9 Å². The highest BCUT2D eigenvalue weighted by Gasteiger charge is 2.34. The molecule has 0 spiro atoms. The first-order valence-corrected chi connectivity index (χ1v) is 11.5. The van der Waals surface area contributed by atoms with Crippen LogP contribution >= 0.6 is 11.6 Å². The minimum atomic E-state index is -0.534. The second-order valence-corrected chi connectivity index (χ2v) is 8.44. The predicted molar refractivity (Wildman–Crippen MR) is 134 cm³/mol. The van der Waals surface area contributed by atoms with Crippen LogP contribution in [0.2, 0.25) is 5.02 Å². The number of benzene rings is 2. The number of ether oxygens (including phenoxy) is 3. The van der Waals surface area contributed by atoms with E-state index < -0.39 is 5.91 Å². The SMILES string of the molecule is CCOc1cc(/C=C2\C(=N)N3OC(C)=CC3=NC2=O)cc(Cl)c1OCCOc1ccc(C)c(C)c1. The second kappa shape index (κ2) is 10.2. The van der Waals surface area contributed by atoms with Crippen LogP contribution < -0.4 is 14.2 Å². The van der Waals surface area contributed by atoms with Gasteiger partial charge in [-0.25, -0.2) is 0 Å². The second-order valence-electron chi connectivity index (χ2n) is 8.03. The van der Waals surface area contributed by atoms with E-state index in [1.54, 1.807) is 25.1 Å². The monoisotopic (exact) mass is 495 g/mol. The number of amides is 1. The Hall–Kier alpha value is -3.78. The number of hydroxylamine groups is 2. The number of hydrogen-bond donors (Lipinski definition) is 1. The Morgan fingerprint density at radius 2 is 1.86 bits per heavy atom. The van der Waals surface area contributed by atoms with E-state index >= 15 is 0 Å². The zero-order valence-corrected chi connectivity index (χ0v) is 20.7. The van der Waals surface area contributed by atoms with Crippen LogP contribution in [0.1, 0.15) is 30.5 Å². The van der Waals surface area contributed by atoms with Gasteiger partial charge in [-0.2, -0.15) is 4.99 Å². The number of aryl methyl sites for hydroxylation is 2. The molecule has 2 aromatic carbocycles. The third-order valence-corrected chi connectivity index (χ3v) is 5.68. The van der Waals surface area contributed by atoms with Gasteiger partial charge in [-0.1, -0.05) is 17.7 Å². The Morgan fingerprint density at radius 1 is 1.09 bits per heavy atom. The molecule has 0 atom stereocenters. The van der Waals surface area contributed by atoms with Crippen molar-refractivity contribution < 1.29 is 23.8 Å². The zero-order chi connectivity index (χ0) is 25.1. The van der Waals surface area contributed by atoms with Gasteiger partial charge in [-0.05, 0) is 74.7 Å². The average Bonchev–Trinajstić information content (AvgIpc) is 3.18. The molecule has 182 valence electrons. The van der Waals surface area contributed by atoms with Gasteiger partial charge in [-0.3, -0.25) is 10.2 Å². The van der Waals surface area contributed by atoms with Crippen molar-refractivity contribution in [3.05, 3.63) is 69.5 Å². The predicted octanol–water partition coefficient (Wildman–Crippen LogP) is 5.26. The van der Waals surface area contributed by atoms with Crippen molar-refractivity contribution in [2.75, 3.05) is 19.8 Å². The molecule has 9 heteroatoms. The number of allylic oxidation sites excluding steroid dienone is 1. The van der Waals surface area contributed by atoms with Crippen LogP contribution in [-0.4, -0.2) is 42.5 Å². The molecule has 1 N–H and O–H groups in total. The van der Waals surface area contributed by atoms with Crippen LogP contribution in [0, 0.1) is 19.3 Å². The lowest BCUT2D eigenvalue weighted by molar-refractivity contribution is -0.114. The van der Waals surface area contributed by atoms with Gasteiger partial charge in [0, 0.05) is 6.08 Å². The molecule has 35 heavy (non-hydrogen) atoms. The number of aliphatic imine (C=N–C) groups is 1. The number of amidine groups is 2. The summed E-state index contributed by atoms with van der Waals surface area (Å²) in [4.78, 5) is 22.0. The maximum atomic E-state index is 12.5. The molecule has 0 unspecified atom stereocenters. The quantitative estimate of drug-likeness (QED) is 0.396. The largest absolute Gasteiger partial charge is 0.490 e. The highest BCUT2D eigenvalue weighted by molar-refractivity contribution is 6.33. The summed E-state index contributed by atoms with van der Waals surface area (Å²) >= 11 is 6.52. The van der Waals surface area contributed by atoms with Gasteiger partial charge in [0.05, 0.1) is 17.2 Å². The molecule has 4 rings (SSSR count). The van der Waals surface area contributed by atoms with Crippen LogP contribution in [-0.2, 0) is 9.63 Å². The molecule has 0 saturated heterocycles. The van der Waals surface area contributed by atoms with E-state index in [0.29, 0.717) is 41.1 Å². The molecule has 2 heterocycles. The van der Waals surface area contributed by atoms with Crippen molar-refractivity contribution in [2.45, 2.75) is 27.7 Å². The summed E-state index contributed by atoms with van der Waals surface area (Å²) in [5.41, 5.74) is 3.00. The van der Waals surface area contributed by atoms with Gasteiger partial charge in [-0.15, -0.1) is 5.06 Å². The minimum absolute atomic E-state index is 0.0748. The molecule has 2 aliphatic heterocycles. The maximum absolute atomic E-state index is 12.5. The Morgan fingerprint density at radius 3 is 2.60 bits per heavy atom. The number of nitrogens with zero attached hydrogens (tertiary/aromatic N) is 2. The molecule has 0 bridgehead atoms. The van der Waals surface area contributed by atoms with Crippen molar-refractivity contribution in [2.24, 2.45) is 4.99 Å². The average molecular weight is 496 g/mol. The number of hydrogen-bond acceptors (Lipinski definition) is 6. The first kappa shape index (κ1) is 24.3. The third kappa shape index (κ3) is 5.33. The zero-order valence-electron chi connectivity index (χ0n) is 20.0. The molecular formula is C26H26ClN3O5. The Balaban J connectivity index is 1.49. The molecule has 1 amide bonds. The van der Waals surface area contributed by atoms with Gasteiger partial charge >= 0.3 is 0 Å². The van der Waals surface area contributed by atoms with Crippen LogP contribution in [0.5, 0.6) is 17.2 Å². The number of halogens is 1. The minimum Gasteiger partial charge on any atom is -0.490 e. The number of fused-ring (bicyclic) bond motifs is 1. The summed E-state index contributed by atoms with van der Waals surface area (Å²) in [7, 11) is 0. The summed E-state index contributed by atoms with van der Waals surface area (Å²) in [5.74, 6) is 1.77. The van der Waals surface area contributed by atoms with Crippen molar-refractivity contribution >= 4 is 35.3 Å². The first-order chi connectivity index (χ1) is 16.8. The summed E-state index contributed by atoms with van der Waals surface area (Å²) in [6, 6.07) is 9.27. The number of carbonyl (C=O) groups is 1. The Labute approximate surface area is 208 Å². The highest BCUT2D eigenvalue weighted by atomic mass is 35.5. The fourth-order valence-corrected chi connectivity index (χ4v) is 3.82. The van der Waals surface area contributed by atoms with Gasteiger partial charge < -0.3 is 19.0 Å². The lowest BCUT2D eigenvalue weighted by atomic mass is 10.1. The molecule has 8 nitrogen and oxygen atoms in total. The molecule has 0 aliphatic carbocycles. The fourth-order valence-electron chi connectivity index (χ4n) is 3.55. The highest BCUT2D eigenvalue weighted by Crippen LogP contribution is 2.38. The van der Waals surface area contributed by atoms with Crippen LogP contribution in [0.15, 0.2) is 52.7 Å². The lowest BCUT2D eigenvalue weighted by Gasteiger charge is -2.23. The number of carbonyl (C=O) groups excluding carboxylic acids is 1. The molecular weight excluding hydrogens is 470 g/mol. The van der Waals surface area contributed by atoms with Crippen molar-refractivity contribution in [1.82, 2.24) is 5.06 Å². The lowest BCUT2D eigenvalue weighted by Crippen LogP contribution is -2.38. The summed E-state index contributed by atoms with van der Waals surface area (Å²) in [6.07, 6.45) is 3.13. The van der Waals surface area contributed by atoms with E-state index in [1.807, 2.05) is 32.0 Å². The van der Waals surface area contributed by atoms with Gasteiger partial charge in [0.15, 0.2) is 23.2 Å². The normalized spacial score (nSPS) is 16.0. The van der Waals surface area contributed by atoms with Crippen LogP contribution in [0.3, 0.4) is 0 Å². The molecule has 0 aromatic heterocycles. The Kier molecular flexibility index (Phi) is 7.12. The van der Waals surface area contributed by atoms with E-state index in [1.165, 1.54) is 16.7 Å². The summed E-state index contributed by atoms with van der Waals surface area (Å²) in [6.45, 7) is 8.63. The van der Waals surface area contributed by atoms with Crippen molar-refractivity contribution in [1.29, 1.82) is 5.41 Å². The van der Waals surface area contributed by atoms with Gasteiger partial charge in [0.2, 0.25) is 0 Å². The maximum Gasteiger partial charge on any atom is 0.282 e. The molecule has 0 fully saturated rings. The number of nitrogens with one attached hydrogen (secondary N) is 1. The molecule has 2 aliphatic rings. The Bertz CT molecular complexity index is 1280. The summed E-state index contributed by atoms with van der Waals surface area (Å²) < 4.78 is 17.4. The summed E-state index contributed by atoms with van der Waals surface area (Å²) in [5, 5.41) is 9.89. The number of rotatable bonds is 8. The van der Waals surface area contributed by atoms with E-state index in [9.17, 15) is 4.79 Å². The third-order valence-electron chi connectivity index (χ3n) is 5.40. The van der Waals surface area contributed by atoms with E-state index in [-0.39, 0.29) is 23.9 Å². The first-order valence-electron chi connectivity index (χ1n) is 11.2. The van der Waals surface area contributed by atoms with Crippen LogP contribution in [0.25, 0.3) is 6.08 Å². The topological polar surface area (TPSA) is 93.4 Å².